The fraction of sp³-hybridized carbons (Fsp3) is 0.667. The number of hydrogen-bond acceptors (Lipinski definition) is 6. The van der Waals surface area contributed by atoms with Gasteiger partial charge in [0, 0.05) is 31.6 Å². The van der Waals surface area contributed by atoms with Crippen molar-refractivity contribution in [2.24, 2.45) is 39.6 Å². The van der Waals surface area contributed by atoms with Gasteiger partial charge in [-0.1, -0.05) is 12.1 Å². The van der Waals surface area contributed by atoms with Crippen molar-refractivity contribution in [3.05, 3.63) is 24.3 Å². The minimum atomic E-state index is -0.613. The molecule has 6 rings (SSSR count). The topological polar surface area (TPSA) is 121 Å². The summed E-state index contributed by atoms with van der Waals surface area (Å²) in [5, 5.41) is 9.72. The fourth-order valence-corrected chi connectivity index (χ4v) is 7.66. The molecule has 0 spiro atoms. The Kier molecular flexibility index (Phi) is 6.16. The van der Waals surface area contributed by atoms with Crippen LogP contribution in [-0.2, 0) is 4.79 Å². The number of rotatable bonds is 7. The number of amides is 1. The van der Waals surface area contributed by atoms with Gasteiger partial charge in [-0.3, -0.25) is 14.7 Å². The van der Waals surface area contributed by atoms with E-state index in [9.17, 15) is 10.1 Å². The molecule has 3 unspecified atom stereocenters. The summed E-state index contributed by atoms with van der Waals surface area (Å²) in [7, 11) is 1.70. The second-order valence-corrected chi connectivity index (χ2v) is 11.4. The van der Waals surface area contributed by atoms with Crippen LogP contribution >= 0.6 is 0 Å². The fourth-order valence-electron chi connectivity index (χ4n) is 7.66. The quantitative estimate of drug-likeness (QED) is 0.459. The van der Waals surface area contributed by atoms with Crippen LogP contribution in [0.1, 0.15) is 45.4 Å². The van der Waals surface area contributed by atoms with E-state index in [0.717, 1.165) is 69.7 Å². The number of benzene rings is 1. The molecular weight excluding hydrogens is 440 g/mol. The van der Waals surface area contributed by atoms with Crippen molar-refractivity contribution in [3.8, 4) is 11.8 Å². The van der Waals surface area contributed by atoms with Crippen molar-refractivity contribution in [3.63, 3.8) is 0 Å². The second kappa shape index (κ2) is 9.02. The van der Waals surface area contributed by atoms with Crippen LogP contribution in [0.25, 0.3) is 0 Å². The number of para-hydroxylation sites is 2. The number of nitrogens with zero attached hydrogens (tertiary/aromatic N) is 4. The van der Waals surface area contributed by atoms with Crippen LogP contribution in [0, 0.1) is 34.5 Å². The smallest absolute Gasteiger partial charge is 0.223 e. The predicted molar refractivity (Wildman–Crippen MR) is 136 cm³/mol. The maximum Gasteiger partial charge on any atom is 0.223 e. The highest BCUT2D eigenvalue weighted by Gasteiger charge is 2.58. The monoisotopic (exact) mass is 478 g/mol. The molecule has 0 aromatic heterocycles. The van der Waals surface area contributed by atoms with Crippen molar-refractivity contribution >= 4 is 17.4 Å². The average molecular weight is 479 g/mol. The molecule has 5 fully saturated rings. The molecule has 5 aliphatic rings. The molecule has 1 heterocycles. The number of nitriles is 1. The number of primary amides is 1. The Hall–Kier alpha value is -2.79. The molecule has 4 saturated carbocycles. The molecule has 188 valence electrons. The largest absolute Gasteiger partial charge is 0.495 e. The summed E-state index contributed by atoms with van der Waals surface area (Å²) in [5.41, 5.74) is 12.8. The van der Waals surface area contributed by atoms with Gasteiger partial charge in [-0.2, -0.15) is 5.26 Å². The molecule has 3 atom stereocenters. The zero-order valence-corrected chi connectivity index (χ0v) is 20.9. The van der Waals surface area contributed by atoms with Gasteiger partial charge in [-0.15, -0.1) is 0 Å². The van der Waals surface area contributed by atoms with Gasteiger partial charge in [0.15, 0.2) is 0 Å². The minimum absolute atomic E-state index is 0.130. The van der Waals surface area contributed by atoms with E-state index in [1.807, 2.05) is 18.2 Å². The highest BCUT2D eigenvalue weighted by atomic mass is 16.5. The maximum atomic E-state index is 12.3. The summed E-state index contributed by atoms with van der Waals surface area (Å²) in [6, 6.07) is 10.6. The first-order valence-corrected chi connectivity index (χ1v) is 12.9. The van der Waals surface area contributed by atoms with E-state index in [4.69, 9.17) is 21.2 Å². The van der Waals surface area contributed by atoms with Crippen LogP contribution in [0.2, 0.25) is 0 Å². The van der Waals surface area contributed by atoms with Crippen molar-refractivity contribution in [2.45, 2.75) is 57.0 Å². The average Bonchev–Trinajstić information content (AvgIpc) is 2.85. The van der Waals surface area contributed by atoms with Crippen molar-refractivity contribution in [2.75, 3.05) is 38.2 Å². The number of amidine groups is 1. The van der Waals surface area contributed by atoms with Crippen LogP contribution in [-0.4, -0.2) is 61.5 Å². The molecule has 1 aromatic carbocycles. The number of hydrogen-bond donors (Lipinski definition) is 2. The van der Waals surface area contributed by atoms with Crippen LogP contribution in [0.15, 0.2) is 29.3 Å². The number of aliphatic imine (C=N–C) groups is 1. The molecule has 0 radical (unpaired) electrons. The lowest BCUT2D eigenvalue weighted by Gasteiger charge is -2.58. The Labute approximate surface area is 208 Å². The molecule has 8 nitrogen and oxygen atoms in total. The van der Waals surface area contributed by atoms with E-state index in [2.05, 4.69) is 28.9 Å². The third kappa shape index (κ3) is 4.04. The molecule has 1 saturated heterocycles. The zero-order valence-electron chi connectivity index (χ0n) is 20.9. The third-order valence-electron chi connectivity index (χ3n) is 9.41. The van der Waals surface area contributed by atoms with Crippen LogP contribution < -0.4 is 21.1 Å². The van der Waals surface area contributed by atoms with Gasteiger partial charge < -0.3 is 21.1 Å². The van der Waals surface area contributed by atoms with Crippen LogP contribution in [0.5, 0.6) is 5.75 Å². The minimum Gasteiger partial charge on any atom is -0.495 e. The standard InChI is InChI=1S/C27H38N6O2/c1-26(7-8-28,33-11-9-32(10-12-33)21-5-3-4-6-22(21)35-2)24(29)31-23-19-13-18-14-20(23)17-27(15-18,16-19)25(30)34/h3-6,18-20,23H,7,9-17H2,1-2H3,(H2,29,31)(H2,30,34). The van der Waals surface area contributed by atoms with Gasteiger partial charge in [0.2, 0.25) is 5.91 Å². The Morgan fingerprint density at radius 1 is 1.17 bits per heavy atom. The molecule has 4 aliphatic carbocycles. The second-order valence-electron chi connectivity index (χ2n) is 11.4. The summed E-state index contributed by atoms with van der Waals surface area (Å²) < 4.78 is 5.56. The van der Waals surface area contributed by atoms with Gasteiger partial charge in [0.1, 0.15) is 11.6 Å². The summed E-state index contributed by atoms with van der Waals surface area (Å²) in [6.07, 6.45) is 5.14. The molecule has 8 heteroatoms. The van der Waals surface area contributed by atoms with Crippen molar-refractivity contribution in [1.82, 2.24) is 4.90 Å². The molecule has 4 bridgehead atoms. The Morgan fingerprint density at radius 2 is 1.83 bits per heavy atom. The third-order valence-corrected chi connectivity index (χ3v) is 9.41. The molecule has 35 heavy (non-hydrogen) atoms. The summed E-state index contributed by atoms with van der Waals surface area (Å²) in [6.45, 7) is 5.29. The number of nitrogens with two attached hydrogens (primary N) is 2. The molecular formula is C27H38N6O2. The van der Waals surface area contributed by atoms with Crippen molar-refractivity contribution < 1.29 is 9.53 Å². The number of anilines is 1. The van der Waals surface area contributed by atoms with E-state index in [0.29, 0.717) is 30.0 Å². The Bertz CT molecular complexity index is 1030. The van der Waals surface area contributed by atoms with Crippen LogP contribution in [0.3, 0.4) is 0 Å². The SMILES string of the molecule is COc1ccccc1N1CCN(C(C)(CC#N)C(N)=NC2C3CC4CC2CC(C(N)=O)(C4)C3)CC1. The lowest BCUT2D eigenvalue weighted by atomic mass is 9.48. The highest BCUT2D eigenvalue weighted by molar-refractivity contribution is 5.90. The van der Waals surface area contributed by atoms with Gasteiger partial charge >= 0.3 is 0 Å². The predicted octanol–water partition coefficient (Wildman–Crippen LogP) is 2.53. The number of ether oxygens (including phenoxy) is 1. The molecule has 4 N–H and O–H groups in total. The number of methoxy groups -OCH3 is 1. The lowest BCUT2D eigenvalue weighted by molar-refractivity contribution is -0.144. The van der Waals surface area contributed by atoms with E-state index in [1.54, 1.807) is 7.11 Å². The molecule has 1 aliphatic heterocycles. The number of piperazine rings is 1. The highest BCUT2D eigenvalue weighted by Crippen LogP contribution is 2.60. The summed E-state index contributed by atoms with van der Waals surface area (Å²) >= 11 is 0. The van der Waals surface area contributed by atoms with Gasteiger partial charge in [-0.25, -0.2) is 0 Å². The van der Waals surface area contributed by atoms with Crippen molar-refractivity contribution in [1.29, 1.82) is 5.26 Å². The maximum absolute atomic E-state index is 12.3. The van der Waals surface area contributed by atoms with E-state index >= 15 is 0 Å². The first-order chi connectivity index (χ1) is 16.8. The molecule has 1 amide bonds. The van der Waals surface area contributed by atoms with Crippen LogP contribution in [0.4, 0.5) is 5.69 Å². The Morgan fingerprint density at radius 3 is 2.43 bits per heavy atom. The Balaban J connectivity index is 1.33. The normalized spacial score (nSPS) is 34.3. The van der Waals surface area contributed by atoms with Gasteiger partial charge in [0.05, 0.1) is 36.9 Å². The van der Waals surface area contributed by atoms with E-state index in [-0.39, 0.29) is 17.4 Å². The van der Waals surface area contributed by atoms with Gasteiger partial charge in [-0.05, 0) is 68.9 Å². The van der Waals surface area contributed by atoms with Gasteiger partial charge in [0.25, 0.3) is 0 Å². The van der Waals surface area contributed by atoms with E-state index < -0.39 is 5.54 Å². The van der Waals surface area contributed by atoms with E-state index in [1.165, 1.54) is 0 Å². The zero-order chi connectivity index (χ0) is 24.8. The number of carbonyl (C=O) groups excluding carboxylic acids is 1. The molecule has 1 aromatic rings. The number of carbonyl (C=O) groups is 1. The summed E-state index contributed by atoms with van der Waals surface area (Å²) in [4.78, 5) is 22.1. The first-order valence-electron chi connectivity index (χ1n) is 12.9. The summed E-state index contributed by atoms with van der Waals surface area (Å²) in [5.74, 6) is 2.62. The lowest BCUT2D eigenvalue weighted by Crippen LogP contribution is -2.62. The first kappa shape index (κ1) is 23.9.